The van der Waals surface area contributed by atoms with Gasteiger partial charge in [-0.2, -0.15) is 0 Å². The van der Waals surface area contributed by atoms with Crippen LogP contribution in [-0.4, -0.2) is 28.2 Å². The molecule has 0 unspecified atom stereocenters. The average molecular weight is 819 g/mol. The molecule has 0 saturated heterocycles. The molecular formula is C58H38N6. The number of hydrogen-bond acceptors (Lipinski definition) is 2. The van der Waals surface area contributed by atoms with E-state index in [2.05, 4.69) is 225 Å². The van der Waals surface area contributed by atoms with Crippen molar-refractivity contribution in [2.45, 2.75) is 12.8 Å². The van der Waals surface area contributed by atoms with Crippen molar-refractivity contribution >= 4 is 82.4 Å². The van der Waals surface area contributed by atoms with E-state index in [0.717, 1.165) is 69.3 Å². The van der Waals surface area contributed by atoms with Gasteiger partial charge in [0.1, 0.15) is 11.6 Å². The van der Waals surface area contributed by atoms with E-state index < -0.39 is 0 Å². The molecule has 6 nitrogen and oxygen atoms in total. The fourth-order valence-corrected chi connectivity index (χ4v) is 10.8. The van der Waals surface area contributed by atoms with Crippen LogP contribution in [0.15, 0.2) is 200 Å². The zero-order valence-electron chi connectivity index (χ0n) is 34.7. The zero-order chi connectivity index (χ0) is 41.9. The molecule has 6 heteroatoms. The Balaban J connectivity index is 0.972. The summed E-state index contributed by atoms with van der Waals surface area (Å²) in [4.78, 5) is 11.0. The fraction of sp³-hybridized carbons (Fsp3) is 0.0345. The molecule has 0 radical (unpaired) electrons. The van der Waals surface area contributed by atoms with Crippen LogP contribution in [0.25, 0.3) is 117 Å². The van der Waals surface area contributed by atoms with E-state index in [1.807, 2.05) is 0 Å². The molecule has 0 aliphatic heterocycles. The topological polar surface area (TPSA) is 45.5 Å². The Labute approximate surface area is 367 Å². The number of para-hydroxylation sites is 5. The van der Waals surface area contributed by atoms with Crippen molar-refractivity contribution in [1.82, 2.24) is 28.2 Å². The molecular weight excluding hydrogens is 781 g/mol. The molecule has 64 heavy (non-hydrogen) atoms. The van der Waals surface area contributed by atoms with Crippen molar-refractivity contribution in [3.8, 4) is 34.4 Å². The lowest BCUT2D eigenvalue weighted by atomic mass is 10.0. The molecule has 0 saturated carbocycles. The van der Waals surface area contributed by atoms with Crippen LogP contribution < -0.4 is 0 Å². The Kier molecular flexibility index (Phi) is 7.42. The van der Waals surface area contributed by atoms with Crippen molar-refractivity contribution in [3.63, 3.8) is 0 Å². The SMILES string of the molecule is C1=Cc2c(n(-c3cccc(-c4cccc(-n5c6ccccc6c6ccc7c(c8ccccc8n7-c7ccccc7)c65)n4)n3)c3cc4c5ccccc5n(-c5ccccc5)c4cc23)CC1. The summed E-state index contributed by atoms with van der Waals surface area (Å²) in [5, 5.41) is 8.51. The highest BCUT2D eigenvalue weighted by molar-refractivity contribution is 6.26. The third-order valence-corrected chi connectivity index (χ3v) is 13.4. The number of aromatic nitrogens is 6. The summed E-state index contributed by atoms with van der Waals surface area (Å²) in [6.07, 6.45) is 6.55. The van der Waals surface area contributed by atoms with Gasteiger partial charge >= 0.3 is 0 Å². The molecule has 0 atom stereocenters. The van der Waals surface area contributed by atoms with Gasteiger partial charge in [0.15, 0.2) is 0 Å². The Morgan fingerprint density at radius 2 is 0.891 bits per heavy atom. The molecule has 300 valence electrons. The van der Waals surface area contributed by atoms with Gasteiger partial charge in [-0.1, -0.05) is 121 Å². The third-order valence-electron chi connectivity index (χ3n) is 13.4. The van der Waals surface area contributed by atoms with Gasteiger partial charge in [0.05, 0.1) is 50.0 Å². The van der Waals surface area contributed by atoms with E-state index in [1.54, 1.807) is 0 Å². The van der Waals surface area contributed by atoms with Crippen molar-refractivity contribution in [2.75, 3.05) is 0 Å². The molecule has 1 aliphatic rings. The van der Waals surface area contributed by atoms with Crippen LogP contribution in [0.2, 0.25) is 0 Å². The standard InChI is InChI=1S/C58H38N6/c1-3-17-37(18-4-1)61-51-30-14-10-24-43(51)57-52(61)34-33-42-39-21-7-13-29-50(39)64(58(42)57)56-32-16-26-47(60-56)46-25-15-31-55(59-46)63-49-28-12-9-23-41(49)45-35-53-44(36-54(45)63)40-22-8-11-27-48(40)62(53)38-19-5-2-6-20-38/h1-11,13-27,29-36H,12,28H2. The van der Waals surface area contributed by atoms with Gasteiger partial charge in [0, 0.05) is 60.3 Å². The van der Waals surface area contributed by atoms with Gasteiger partial charge in [-0.3, -0.25) is 9.13 Å². The first kappa shape index (κ1) is 35.2. The summed E-state index contributed by atoms with van der Waals surface area (Å²) < 4.78 is 9.56. The average Bonchev–Trinajstić information content (AvgIpc) is 4.08. The van der Waals surface area contributed by atoms with E-state index >= 15 is 0 Å². The summed E-state index contributed by atoms with van der Waals surface area (Å²) in [6, 6.07) is 69.7. The first-order chi connectivity index (χ1) is 31.8. The molecule has 7 aromatic carbocycles. The number of benzene rings is 7. The normalized spacial score (nSPS) is 12.8. The van der Waals surface area contributed by atoms with Crippen molar-refractivity contribution < 1.29 is 0 Å². The molecule has 0 spiro atoms. The molecule has 0 amide bonds. The highest BCUT2D eigenvalue weighted by atomic mass is 15.1. The van der Waals surface area contributed by atoms with Gasteiger partial charge in [0.25, 0.3) is 0 Å². The van der Waals surface area contributed by atoms with Crippen LogP contribution in [0.5, 0.6) is 0 Å². The van der Waals surface area contributed by atoms with E-state index in [0.29, 0.717) is 0 Å². The van der Waals surface area contributed by atoms with Gasteiger partial charge in [-0.25, -0.2) is 9.97 Å². The molecule has 6 aromatic heterocycles. The minimum Gasteiger partial charge on any atom is -0.309 e. The molecule has 13 aromatic rings. The zero-order valence-corrected chi connectivity index (χ0v) is 34.7. The van der Waals surface area contributed by atoms with Crippen molar-refractivity contribution in [2.24, 2.45) is 0 Å². The molecule has 6 heterocycles. The number of allylic oxidation sites excluding steroid dienone is 1. The molecule has 0 fully saturated rings. The second-order valence-electron chi connectivity index (χ2n) is 16.9. The summed E-state index contributed by atoms with van der Waals surface area (Å²) in [6.45, 7) is 0. The van der Waals surface area contributed by atoms with E-state index in [-0.39, 0.29) is 0 Å². The summed E-state index contributed by atoms with van der Waals surface area (Å²) in [5.41, 5.74) is 14.7. The predicted octanol–water partition coefficient (Wildman–Crippen LogP) is 14.3. The smallest absolute Gasteiger partial charge is 0.138 e. The van der Waals surface area contributed by atoms with Crippen molar-refractivity contribution in [1.29, 1.82) is 0 Å². The second-order valence-corrected chi connectivity index (χ2v) is 16.9. The van der Waals surface area contributed by atoms with Gasteiger partial charge in [-0.15, -0.1) is 0 Å². The Bertz CT molecular complexity index is 4070. The maximum absolute atomic E-state index is 5.49. The molecule has 0 N–H and O–H groups in total. The lowest BCUT2D eigenvalue weighted by Gasteiger charge is -2.14. The Morgan fingerprint density at radius 1 is 0.359 bits per heavy atom. The van der Waals surface area contributed by atoms with Crippen LogP contribution >= 0.6 is 0 Å². The first-order valence-electron chi connectivity index (χ1n) is 22.1. The van der Waals surface area contributed by atoms with Crippen LogP contribution in [0, 0.1) is 0 Å². The maximum atomic E-state index is 5.49. The lowest BCUT2D eigenvalue weighted by Crippen LogP contribution is -2.06. The molecule has 14 rings (SSSR count). The van der Waals surface area contributed by atoms with Crippen LogP contribution in [0.1, 0.15) is 17.7 Å². The van der Waals surface area contributed by atoms with E-state index in [9.17, 15) is 0 Å². The fourth-order valence-electron chi connectivity index (χ4n) is 10.8. The number of pyridine rings is 2. The third kappa shape index (κ3) is 4.96. The minimum absolute atomic E-state index is 0.822. The summed E-state index contributed by atoms with van der Waals surface area (Å²) >= 11 is 0. The second kappa shape index (κ2) is 13.5. The largest absolute Gasteiger partial charge is 0.309 e. The Hall–Kier alpha value is -8.48. The summed E-state index contributed by atoms with van der Waals surface area (Å²) in [7, 11) is 0. The monoisotopic (exact) mass is 818 g/mol. The van der Waals surface area contributed by atoms with Crippen molar-refractivity contribution in [3.05, 3.63) is 211 Å². The maximum Gasteiger partial charge on any atom is 0.138 e. The molecule has 0 bridgehead atoms. The van der Waals surface area contributed by atoms with Gasteiger partial charge < -0.3 is 9.13 Å². The lowest BCUT2D eigenvalue weighted by molar-refractivity contribution is 0.872. The first-order valence-corrected chi connectivity index (χ1v) is 22.1. The number of hydrogen-bond donors (Lipinski definition) is 0. The van der Waals surface area contributed by atoms with Crippen LogP contribution in [0.3, 0.4) is 0 Å². The quantitative estimate of drug-likeness (QED) is 0.174. The van der Waals surface area contributed by atoms with Crippen LogP contribution in [-0.2, 0) is 6.42 Å². The van der Waals surface area contributed by atoms with Gasteiger partial charge in [0.2, 0.25) is 0 Å². The number of rotatable bonds is 5. The summed E-state index contributed by atoms with van der Waals surface area (Å²) in [5.74, 6) is 1.75. The number of nitrogens with zero attached hydrogens (tertiary/aromatic N) is 6. The van der Waals surface area contributed by atoms with Crippen LogP contribution in [0.4, 0.5) is 0 Å². The molecule has 1 aliphatic carbocycles. The highest BCUT2D eigenvalue weighted by Crippen LogP contribution is 2.43. The van der Waals surface area contributed by atoms with E-state index in [1.165, 1.54) is 65.5 Å². The highest BCUT2D eigenvalue weighted by Gasteiger charge is 2.24. The minimum atomic E-state index is 0.822. The Morgan fingerprint density at radius 3 is 1.58 bits per heavy atom. The number of fused-ring (bicyclic) bond motifs is 13. The van der Waals surface area contributed by atoms with E-state index in [4.69, 9.17) is 9.97 Å². The predicted molar refractivity (Wildman–Crippen MR) is 265 cm³/mol. The van der Waals surface area contributed by atoms with Gasteiger partial charge in [-0.05, 0) is 97.8 Å².